The molecule has 4 nitrogen and oxygen atoms in total. The zero-order chi connectivity index (χ0) is 17.9. The van der Waals surface area contributed by atoms with E-state index in [0.717, 1.165) is 17.2 Å². The Labute approximate surface area is 146 Å². The van der Waals surface area contributed by atoms with Crippen LogP contribution in [0, 0.1) is 26.6 Å². The predicted molar refractivity (Wildman–Crippen MR) is 92.7 cm³/mol. The molecule has 24 heavy (non-hydrogen) atoms. The average Bonchev–Trinajstić information content (AvgIpc) is 2.48. The van der Waals surface area contributed by atoms with Gasteiger partial charge >= 0.3 is 0 Å². The molecule has 0 aliphatic rings. The summed E-state index contributed by atoms with van der Waals surface area (Å²) in [5.41, 5.74) is 2.15. The molecule has 0 unspecified atom stereocenters. The van der Waals surface area contributed by atoms with Crippen LogP contribution in [0.4, 0.5) is 4.39 Å². The fourth-order valence-electron chi connectivity index (χ4n) is 2.33. The number of hydrogen-bond acceptors (Lipinski definition) is 3. The molecule has 0 heterocycles. The molecule has 0 atom stereocenters. The van der Waals surface area contributed by atoms with Gasteiger partial charge in [0.05, 0.1) is 4.90 Å². The minimum absolute atomic E-state index is 0.0575. The molecule has 0 saturated heterocycles. The van der Waals surface area contributed by atoms with Crippen LogP contribution in [0.5, 0.6) is 5.75 Å². The van der Waals surface area contributed by atoms with E-state index in [9.17, 15) is 12.8 Å². The number of rotatable bonds is 6. The molecule has 0 aliphatic carbocycles. The number of aryl methyl sites for hydroxylation is 3. The summed E-state index contributed by atoms with van der Waals surface area (Å²) >= 11 is 6.09. The molecule has 2 aromatic rings. The third kappa shape index (κ3) is 4.47. The fraction of sp³-hybridized carbons (Fsp3) is 0.294. The molecule has 0 fully saturated rings. The molecule has 0 radical (unpaired) electrons. The highest BCUT2D eigenvalue weighted by molar-refractivity contribution is 7.89. The zero-order valence-electron chi connectivity index (χ0n) is 13.7. The molecule has 0 bridgehead atoms. The van der Waals surface area contributed by atoms with Crippen molar-refractivity contribution < 1.29 is 17.5 Å². The summed E-state index contributed by atoms with van der Waals surface area (Å²) in [7, 11) is -3.70. The van der Waals surface area contributed by atoms with Crippen molar-refractivity contribution in [2.45, 2.75) is 25.7 Å². The lowest BCUT2D eigenvalue weighted by Crippen LogP contribution is -2.28. The topological polar surface area (TPSA) is 55.4 Å². The molecule has 0 aliphatic heterocycles. The summed E-state index contributed by atoms with van der Waals surface area (Å²) in [5.74, 6) is 0.162. The highest BCUT2D eigenvalue weighted by atomic mass is 35.5. The van der Waals surface area contributed by atoms with Gasteiger partial charge in [0.1, 0.15) is 18.2 Å². The van der Waals surface area contributed by atoms with Gasteiger partial charge in [-0.05, 0) is 67.8 Å². The smallest absolute Gasteiger partial charge is 0.240 e. The van der Waals surface area contributed by atoms with E-state index in [4.69, 9.17) is 16.3 Å². The van der Waals surface area contributed by atoms with Crippen LogP contribution in [0.25, 0.3) is 0 Å². The van der Waals surface area contributed by atoms with E-state index in [1.54, 1.807) is 19.1 Å². The second-order valence-corrected chi connectivity index (χ2v) is 7.64. The van der Waals surface area contributed by atoms with Gasteiger partial charge in [-0.1, -0.05) is 11.6 Å². The molecule has 130 valence electrons. The Bertz CT molecular complexity index is 830. The van der Waals surface area contributed by atoms with Crippen LogP contribution in [0.3, 0.4) is 0 Å². The fourth-order valence-corrected chi connectivity index (χ4v) is 3.67. The SMILES string of the molecule is Cc1cc(F)ccc1S(=O)(=O)NCCOc1cc(C)c(Cl)c(C)c1. The van der Waals surface area contributed by atoms with Gasteiger partial charge in [-0.3, -0.25) is 0 Å². The summed E-state index contributed by atoms with van der Waals surface area (Å²) in [6.07, 6.45) is 0. The Morgan fingerprint density at radius 3 is 2.29 bits per heavy atom. The first kappa shape index (κ1) is 18.7. The average molecular weight is 372 g/mol. The lowest BCUT2D eigenvalue weighted by Gasteiger charge is -2.12. The molecule has 2 rings (SSSR count). The van der Waals surface area contributed by atoms with Gasteiger partial charge in [0.2, 0.25) is 10.0 Å². The summed E-state index contributed by atoms with van der Waals surface area (Å²) in [6, 6.07) is 7.16. The van der Waals surface area contributed by atoms with Gasteiger partial charge in [0.15, 0.2) is 0 Å². The Kier molecular flexibility index (Phi) is 5.85. The van der Waals surface area contributed by atoms with E-state index in [1.807, 2.05) is 13.8 Å². The van der Waals surface area contributed by atoms with Gasteiger partial charge in [-0.15, -0.1) is 0 Å². The van der Waals surface area contributed by atoms with E-state index in [1.165, 1.54) is 12.1 Å². The third-order valence-corrected chi connectivity index (χ3v) is 5.72. The number of sulfonamides is 1. The van der Waals surface area contributed by atoms with Crippen molar-refractivity contribution in [3.63, 3.8) is 0 Å². The van der Waals surface area contributed by atoms with Gasteiger partial charge in [0.25, 0.3) is 0 Å². The summed E-state index contributed by atoms with van der Waals surface area (Å²) in [6.45, 7) is 5.57. The quantitative estimate of drug-likeness (QED) is 0.786. The minimum atomic E-state index is -3.70. The highest BCUT2D eigenvalue weighted by Gasteiger charge is 2.16. The molecule has 2 aromatic carbocycles. The summed E-state index contributed by atoms with van der Waals surface area (Å²) in [5, 5.41) is 0.690. The van der Waals surface area contributed by atoms with E-state index < -0.39 is 15.8 Å². The second-order valence-electron chi connectivity index (χ2n) is 5.53. The highest BCUT2D eigenvalue weighted by Crippen LogP contribution is 2.25. The maximum atomic E-state index is 13.1. The molecule has 0 spiro atoms. The molecule has 0 saturated carbocycles. The van der Waals surface area contributed by atoms with Crippen molar-refractivity contribution in [1.82, 2.24) is 4.72 Å². The van der Waals surface area contributed by atoms with Crippen molar-refractivity contribution in [3.05, 3.63) is 57.9 Å². The van der Waals surface area contributed by atoms with Gasteiger partial charge in [-0.2, -0.15) is 0 Å². The maximum Gasteiger partial charge on any atom is 0.240 e. The van der Waals surface area contributed by atoms with Crippen LogP contribution in [0.1, 0.15) is 16.7 Å². The lowest BCUT2D eigenvalue weighted by molar-refractivity contribution is 0.322. The first-order valence-corrected chi connectivity index (χ1v) is 9.22. The standard InChI is InChI=1S/C17H19ClFNO3S/c1-11-8-14(19)4-5-16(11)24(21,22)20-6-7-23-15-9-12(2)17(18)13(3)10-15/h4-5,8-10,20H,6-7H2,1-3H3. The normalized spacial score (nSPS) is 11.5. The first-order chi connectivity index (χ1) is 11.2. The predicted octanol–water partition coefficient (Wildman–Crippen LogP) is 3.76. The number of halogens is 2. The zero-order valence-corrected chi connectivity index (χ0v) is 15.3. The first-order valence-electron chi connectivity index (χ1n) is 7.36. The third-order valence-electron chi connectivity index (χ3n) is 3.50. The Morgan fingerprint density at radius 2 is 1.71 bits per heavy atom. The van der Waals surface area contributed by atoms with Crippen LogP contribution in [-0.2, 0) is 10.0 Å². The van der Waals surface area contributed by atoms with Crippen LogP contribution in [0.15, 0.2) is 35.2 Å². The molecule has 0 aromatic heterocycles. The van der Waals surface area contributed by atoms with Gasteiger partial charge < -0.3 is 4.74 Å². The van der Waals surface area contributed by atoms with Crippen molar-refractivity contribution in [3.8, 4) is 5.75 Å². The Hall–Kier alpha value is -1.63. The van der Waals surface area contributed by atoms with Crippen molar-refractivity contribution in [2.24, 2.45) is 0 Å². The molecular formula is C17H19ClFNO3S. The van der Waals surface area contributed by atoms with E-state index in [0.29, 0.717) is 16.3 Å². The van der Waals surface area contributed by atoms with Crippen molar-refractivity contribution >= 4 is 21.6 Å². The van der Waals surface area contributed by atoms with E-state index >= 15 is 0 Å². The summed E-state index contributed by atoms with van der Waals surface area (Å²) < 4.78 is 45.5. The molecule has 0 amide bonds. The van der Waals surface area contributed by atoms with E-state index in [-0.39, 0.29) is 18.0 Å². The van der Waals surface area contributed by atoms with Crippen LogP contribution in [-0.4, -0.2) is 21.6 Å². The molecular weight excluding hydrogens is 353 g/mol. The molecule has 1 N–H and O–H groups in total. The van der Waals surface area contributed by atoms with Crippen molar-refractivity contribution in [1.29, 1.82) is 0 Å². The van der Waals surface area contributed by atoms with Crippen LogP contribution >= 0.6 is 11.6 Å². The monoisotopic (exact) mass is 371 g/mol. The Morgan fingerprint density at radius 1 is 1.08 bits per heavy atom. The maximum absolute atomic E-state index is 13.1. The minimum Gasteiger partial charge on any atom is -0.492 e. The van der Waals surface area contributed by atoms with Crippen molar-refractivity contribution in [2.75, 3.05) is 13.2 Å². The molecule has 7 heteroatoms. The number of ether oxygens (including phenoxy) is 1. The lowest BCUT2D eigenvalue weighted by atomic mass is 10.1. The van der Waals surface area contributed by atoms with Crippen LogP contribution in [0.2, 0.25) is 5.02 Å². The summed E-state index contributed by atoms with van der Waals surface area (Å²) in [4.78, 5) is 0.0575. The number of hydrogen-bond donors (Lipinski definition) is 1. The van der Waals surface area contributed by atoms with E-state index in [2.05, 4.69) is 4.72 Å². The van der Waals surface area contributed by atoms with Crippen LogP contribution < -0.4 is 9.46 Å². The Balaban J connectivity index is 1.96. The number of nitrogens with one attached hydrogen (secondary N) is 1. The number of benzene rings is 2. The largest absolute Gasteiger partial charge is 0.492 e. The van der Waals surface area contributed by atoms with Gasteiger partial charge in [0, 0.05) is 11.6 Å². The van der Waals surface area contributed by atoms with Gasteiger partial charge in [-0.25, -0.2) is 17.5 Å². The second kappa shape index (κ2) is 7.51.